The predicted molar refractivity (Wildman–Crippen MR) is 48.7 cm³/mol. The van der Waals surface area contributed by atoms with Crippen LogP contribution in [0.2, 0.25) is 0 Å². The lowest BCUT2D eigenvalue weighted by atomic mass is 9.65. The lowest BCUT2D eigenvalue weighted by Crippen LogP contribution is -2.46. The molecule has 0 saturated heterocycles. The molecule has 0 heterocycles. The Morgan fingerprint density at radius 1 is 1.33 bits per heavy atom. The van der Waals surface area contributed by atoms with Crippen LogP contribution in [0.25, 0.3) is 0 Å². The molecule has 2 fully saturated rings. The molecule has 2 saturated carbocycles. The number of rotatable bonds is 0. The van der Waals surface area contributed by atoms with Crippen LogP contribution in [0, 0.1) is 11.8 Å². The van der Waals surface area contributed by atoms with Gasteiger partial charge in [0.2, 0.25) is 0 Å². The average molecular weight is 169 g/mol. The maximum Gasteiger partial charge on any atom is 0.0625 e. The summed E-state index contributed by atoms with van der Waals surface area (Å²) in [6, 6.07) is 0.355. The zero-order chi connectivity index (χ0) is 8.77. The Balaban J connectivity index is 2.09. The lowest BCUT2D eigenvalue weighted by Gasteiger charge is -2.45. The molecule has 0 aliphatic heterocycles. The number of hydrogen-bond acceptors (Lipinski definition) is 2. The lowest BCUT2D eigenvalue weighted by molar-refractivity contribution is -0.0423. The van der Waals surface area contributed by atoms with Crippen molar-refractivity contribution in [1.82, 2.24) is 0 Å². The second-order valence-electron chi connectivity index (χ2n) is 5.01. The number of aliphatic hydroxyl groups is 1. The third-order valence-corrected chi connectivity index (χ3v) is 3.58. The van der Waals surface area contributed by atoms with Crippen molar-refractivity contribution < 1.29 is 5.11 Å². The van der Waals surface area contributed by atoms with Gasteiger partial charge in [-0.25, -0.2) is 0 Å². The molecule has 2 aliphatic carbocycles. The van der Waals surface area contributed by atoms with Gasteiger partial charge in [0, 0.05) is 6.04 Å². The smallest absolute Gasteiger partial charge is 0.0625 e. The van der Waals surface area contributed by atoms with E-state index in [4.69, 9.17) is 5.73 Å². The van der Waals surface area contributed by atoms with E-state index < -0.39 is 5.60 Å². The highest BCUT2D eigenvalue weighted by molar-refractivity contribution is 4.94. The molecule has 0 amide bonds. The molecule has 4 atom stereocenters. The highest BCUT2D eigenvalue weighted by Crippen LogP contribution is 2.43. The van der Waals surface area contributed by atoms with Gasteiger partial charge in [-0.1, -0.05) is 0 Å². The van der Waals surface area contributed by atoms with Gasteiger partial charge >= 0.3 is 0 Å². The minimum Gasteiger partial charge on any atom is -0.390 e. The van der Waals surface area contributed by atoms with Crippen molar-refractivity contribution in [1.29, 1.82) is 0 Å². The molecule has 0 aromatic rings. The van der Waals surface area contributed by atoms with E-state index in [-0.39, 0.29) is 0 Å². The van der Waals surface area contributed by atoms with Crippen LogP contribution in [0.3, 0.4) is 0 Å². The summed E-state index contributed by atoms with van der Waals surface area (Å²) in [6.45, 7) is 1.96. The Morgan fingerprint density at radius 3 is 2.83 bits per heavy atom. The molecule has 3 N–H and O–H groups in total. The van der Waals surface area contributed by atoms with Crippen LogP contribution in [0.15, 0.2) is 0 Å². The van der Waals surface area contributed by atoms with Crippen LogP contribution in [0.4, 0.5) is 0 Å². The van der Waals surface area contributed by atoms with Crippen LogP contribution < -0.4 is 5.73 Å². The standard InChI is InChI=1S/C10H19NO/c1-10(12)5-7-2-3-9(11)8(4-7)6-10/h7-9,12H,2-6,11H2,1H3. The maximum absolute atomic E-state index is 9.94. The fourth-order valence-corrected chi connectivity index (χ4v) is 3.07. The Hall–Kier alpha value is -0.0800. The molecule has 2 bridgehead atoms. The minimum absolute atomic E-state index is 0.355. The third kappa shape index (κ3) is 1.50. The largest absolute Gasteiger partial charge is 0.390 e. The van der Waals surface area contributed by atoms with Crippen LogP contribution in [-0.2, 0) is 0 Å². The molecule has 0 aromatic carbocycles. The van der Waals surface area contributed by atoms with E-state index in [9.17, 15) is 5.11 Å². The maximum atomic E-state index is 9.94. The van der Waals surface area contributed by atoms with Crippen molar-refractivity contribution in [3.8, 4) is 0 Å². The van der Waals surface area contributed by atoms with Gasteiger partial charge in [-0.3, -0.25) is 0 Å². The predicted octanol–water partition coefficient (Wildman–Crippen LogP) is 1.27. The quantitative estimate of drug-likeness (QED) is 0.573. The van der Waals surface area contributed by atoms with Gasteiger partial charge in [0.25, 0.3) is 0 Å². The van der Waals surface area contributed by atoms with Gasteiger partial charge in [0.05, 0.1) is 5.60 Å². The molecule has 2 heteroatoms. The van der Waals surface area contributed by atoms with Crippen LogP contribution in [0.5, 0.6) is 0 Å². The second-order valence-corrected chi connectivity index (χ2v) is 5.01. The van der Waals surface area contributed by atoms with Gasteiger partial charge in [-0.05, 0) is 50.9 Å². The molecule has 4 unspecified atom stereocenters. The monoisotopic (exact) mass is 169 g/mol. The topological polar surface area (TPSA) is 46.2 Å². The minimum atomic E-state index is -0.425. The van der Waals surface area contributed by atoms with Crippen molar-refractivity contribution in [2.45, 2.75) is 50.7 Å². The molecule has 0 aromatic heterocycles. The van der Waals surface area contributed by atoms with Crippen LogP contribution >= 0.6 is 0 Å². The zero-order valence-corrected chi connectivity index (χ0v) is 7.79. The summed E-state index contributed by atoms with van der Waals surface area (Å²) in [5.41, 5.74) is 5.57. The third-order valence-electron chi connectivity index (χ3n) is 3.58. The van der Waals surface area contributed by atoms with Gasteiger partial charge in [0.15, 0.2) is 0 Å². The highest BCUT2D eigenvalue weighted by Gasteiger charge is 2.40. The van der Waals surface area contributed by atoms with E-state index in [1.807, 2.05) is 6.92 Å². The molecule has 12 heavy (non-hydrogen) atoms. The van der Waals surface area contributed by atoms with Gasteiger partial charge < -0.3 is 10.8 Å². The summed E-state index contributed by atoms with van der Waals surface area (Å²) in [7, 11) is 0. The summed E-state index contributed by atoms with van der Waals surface area (Å²) < 4.78 is 0. The Labute approximate surface area is 74.1 Å². The Morgan fingerprint density at radius 2 is 2.08 bits per heavy atom. The van der Waals surface area contributed by atoms with E-state index in [2.05, 4.69) is 0 Å². The Kier molecular flexibility index (Phi) is 1.92. The normalized spacial score (nSPS) is 53.8. The summed E-state index contributed by atoms with van der Waals surface area (Å²) in [4.78, 5) is 0. The second kappa shape index (κ2) is 2.71. The molecule has 2 nitrogen and oxygen atoms in total. The fraction of sp³-hybridized carbons (Fsp3) is 1.00. The average Bonchev–Trinajstić information content (AvgIpc) is 1.95. The number of nitrogens with two attached hydrogens (primary N) is 1. The number of fused-ring (bicyclic) bond motifs is 2. The van der Waals surface area contributed by atoms with Gasteiger partial charge in [-0.15, -0.1) is 0 Å². The van der Waals surface area contributed by atoms with E-state index >= 15 is 0 Å². The molecule has 2 rings (SSSR count). The molecular formula is C10H19NO. The summed E-state index contributed by atoms with van der Waals surface area (Å²) in [5, 5.41) is 9.94. The van der Waals surface area contributed by atoms with Crippen LogP contribution in [-0.4, -0.2) is 16.7 Å². The van der Waals surface area contributed by atoms with Gasteiger partial charge in [-0.2, -0.15) is 0 Å². The molecular weight excluding hydrogens is 150 g/mol. The fourth-order valence-electron chi connectivity index (χ4n) is 3.07. The molecule has 0 spiro atoms. The SMILES string of the molecule is CC1(O)CC2CCC(N)C(C2)C1. The molecule has 70 valence electrons. The van der Waals surface area contributed by atoms with E-state index in [0.717, 1.165) is 18.8 Å². The first-order chi connectivity index (χ1) is 5.57. The first-order valence-electron chi connectivity index (χ1n) is 5.05. The van der Waals surface area contributed by atoms with Crippen molar-refractivity contribution in [2.75, 3.05) is 0 Å². The summed E-state index contributed by atoms with van der Waals surface area (Å²) in [5.74, 6) is 1.34. The van der Waals surface area contributed by atoms with Gasteiger partial charge in [0.1, 0.15) is 0 Å². The first-order valence-corrected chi connectivity index (χ1v) is 5.05. The van der Waals surface area contributed by atoms with E-state index in [1.54, 1.807) is 0 Å². The van der Waals surface area contributed by atoms with E-state index in [1.165, 1.54) is 19.3 Å². The van der Waals surface area contributed by atoms with Crippen LogP contribution in [0.1, 0.15) is 39.0 Å². The molecule has 2 aliphatic rings. The molecule has 0 radical (unpaired) electrons. The van der Waals surface area contributed by atoms with Crippen molar-refractivity contribution >= 4 is 0 Å². The van der Waals surface area contributed by atoms with E-state index in [0.29, 0.717) is 12.0 Å². The van der Waals surface area contributed by atoms with Crippen molar-refractivity contribution in [3.05, 3.63) is 0 Å². The summed E-state index contributed by atoms with van der Waals surface area (Å²) in [6.07, 6.45) is 5.58. The zero-order valence-electron chi connectivity index (χ0n) is 7.79. The Bertz CT molecular complexity index is 179. The van der Waals surface area contributed by atoms with Crippen molar-refractivity contribution in [3.63, 3.8) is 0 Å². The summed E-state index contributed by atoms with van der Waals surface area (Å²) >= 11 is 0. The first kappa shape index (κ1) is 8.52. The highest BCUT2D eigenvalue weighted by atomic mass is 16.3. The number of hydrogen-bond donors (Lipinski definition) is 2. The van der Waals surface area contributed by atoms with Crippen molar-refractivity contribution in [2.24, 2.45) is 17.6 Å².